The molecule has 62 valence electrons. The van der Waals surface area contributed by atoms with Gasteiger partial charge in [-0.1, -0.05) is 0 Å². The number of nitriles is 1. The fourth-order valence-electron chi connectivity index (χ4n) is 0.770. The average molecular weight is 169 g/mol. The van der Waals surface area contributed by atoms with Crippen molar-refractivity contribution < 1.29 is 13.2 Å². The second-order valence-corrected chi connectivity index (χ2v) is 2.06. The van der Waals surface area contributed by atoms with Crippen LogP contribution in [0.4, 0.5) is 4.39 Å². The first kappa shape index (κ1) is 5.22. The van der Waals surface area contributed by atoms with Crippen LogP contribution in [0.25, 0.3) is 0 Å². The van der Waals surface area contributed by atoms with Crippen LogP contribution < -0.4 is 0 Å². The highest BCUT2D eigenvalue weighted by Gasteiger charge is 2.03. The monoisotopic (exact) mass is 169 g/mol. The Morgan fingerprint density at radius 1 is 1.92 bits per heavy atom. The molecule has 0 aliphatic carbocycles. The summed E-state index contributed by atoms with van der Waals surface area (Å²) in [5, 5.41) is 8.61. The predicted octanol–water partition coefficient (Wildman–Crippen LogP) is 1.24. The summed E-state index contributed by atoms with van der Waals surface area (Å²) in [5.41, 5.74) is 0.0780. The lowest BCUT2D eigenvalue weighted by Crippen LogP contribution is -1.96. The fourth-order valence-corrected chi connectivity index (χ4v) is 0.770. The van der Waals surface area contributed by atoms with E-state index in [-0.39, 0.29) is 17.9 Å². The van der Waals surface area contributed by atoms with Gasteiger partial charge in [-0.3, -0.25) is 0 Å². The molecule has 0 atom stereocenters. The fraction of sp³-hybridized carbons (Fsp3) is 0.250. The molecule has 0 unspecified atom stereocenters. The summed E-state index contributed by atoms with van der Waals surface area (Å²) in [7, 11) is -2.57. The van der Waals surface area contributed by atoms with E-state index >= 15 is 0 Å². The molecular weight excluding hydrogens is 159 g/mol. The maximum atomic E-state index is 12.7. The SMILES string of the molecule is [2H]C([2H])([2H])OCc1cc(F)cnc1C#N. The van der Waals surface area contributed by atoms with Gasteiger partial charge >= 0.3 is 0 Å². The van der Waals surface area contributed by atoms with Crippen molar-refractivity contribution in [2.45, 2.75) is 6.61 Å². The summed E-state index contributed by atoms with van der Waals surface area (Å²) in [6.45, 7) is -0.371. The summed E-state index contributed by atoms with van der Waals surface area (Å²) in [6.07, 6.45) is 0.886. The Labute approximate surface area is 73.6 Å². The summed E-state index contributed by atoms with van der Waals surface area (Å²) in [4.78, 5) is 3.50. The minimum absolute atomic E-state index is 0.0411. The molecule has 0 saturated carbocycles. The Morgan fingerprint density at radius 2 is 2.75 bits per heavy atom. The molecule has 1 rings (SSSR count). The number of hydrogen-bond acceptors (Lipinski definition) is 3. The molecule has 3 nitrogen and oxygen atoms in total. The summed E-state index contributed by atoms with van der Waals surface area (Å²) >= 11 is 0. The topological polar surface area (TPSA) is 45.9 Å². The highest BCUT2D eigenvalue weighted by atomic mass is 19.1. The number of nitrogens with zero attached hydrogens (tertiary/aromatic N) is 2. The lowest BCUT2D eigenvalue weighted by atomic mass is 10.2. The average Bonchev–Trinajstić information content (AvgIpc) is 2.14. The van der Waals surface area contributed by atoms with Gasteiger partial charge in [-0.05, 0) is 6.07 Å². The Hall–Kier alpha value is -1.47. The number of hydrogen-bond donors (Lipinski definition) is 0. The number of rotatable bonds is 2. The van der Waals surface area contributed by atoms with Gasteiger partial charge in [-0.2, -0.15) is 5.26 Å². The Balaban J connectivity index is 2.85. The van der Waals surface area contributed by atoms with Crippen molar-refractivity contribution in [2.24, 2.45) is 0 Å². The molecule has 1 heterocycles. The molecule has 0 amide bonds. The van der Waals surface area contributed by atoms with Crippen molar-refractivity contribution in [2.75, 3.05) is 7.04 Å². The normalized spacial score (nSPS) is 14.2. The van der Waals surface area contributed by atoms with Gasteiger partial charge in [-0.25, -0.2) is 9.37 Å². The zero-order valence-electron chi connectivity index (χ0n) is 9.04. The molecule has 0 spiro atoms. The van der Waals surface area contributed by atoms with E-state index in [4.69, 9.17) is 9.37 Å². The molecule has 0 saturated heterocycles. The van der Waals surface area contributed by atoms with Gasteiger partial charge in [0.05, 0.1) is 16.9 Å². The van der Waals surface area contributed by atoms with Crippen LogP contribution in [0.1, 0.15) is 15.4 Å². The predicted molar refractivity (Wildman–Crippen MR) is 39.6 cm³/mol. The lowest BCUT2D eigenvalue weighted by molar-refractivity contribution is 0.184. The molecule has 0 aromatic carbocycles. The zero-order valence-corrected chi connectivity index (χ0v) is 6.04. The van der Waals surface area contributed by atoms with Crippen LogP contribution in [0.15, 0.2) is 12.3 Å². The van der Waals surface area contributed by atoms with Crippen molar-refractivity contribution in [3.63, 3.8) is 0 Å². The van der Waals surface area contributed by atoms with E-state index < -0.39 is 12.9 Å². The first-order valence-electron chi connectivity index (χ1n) is 4.61. The van der Waals surface area contributed by atoms with E-state index in [1.165, 1.54) is 0 Å². The van der Waals surface area contributed by atoms with Crippen molar-refractivity contribution in [3.8, 4) is 6.07 Å². The third kappa shape index (κ3) is 1.77. The van der Waals surface area contributed by atoms with Crippen LogP contribution in [0, 0.1) is 17.1 Å². The lowest BCUT2D eigenvalue weighted by Gasteiger charge is -2.00. The Kier molecular flexibility index (Phi) is 1.65. The van der Waals surface area contributed by atoms with Crippen LogP contribution in [-0.2, 0) is 11.3 Å². The van der Waals surface area contributed by atoms with Gasteiger partial charge in [0.2, 0.25) is 0 Å². The van der Waals surface area contributed by atoms with Gasteiger partial charge < -0.3 is 4.74 Å². The van der Waals surface area contributed by atoms with Crippen LogP contribution in [-0.4, -0.2) is 12.0 Å². The number of pyridine rings is 1. The Morgan fingerprint density at radius 3 is 3.42 bits per heavy atom. The molecular formula is C8H7FN2O. The largest absolute Gasteiger partial charge is 0.380 e. The first-order chi connectivity index (χ1) is 6.92. The van der Waals surface area contributed by atoms with E-state index in [2.05, 4.69) is 9.72 Å². The summed E-state index contributed by atoms with van der Waals surface area (Å²) in [6, 6.07) is 2.74. The number of aromatic nitrogens is 1. The minimum Gasteiger partial charge on any atom is -0.380 e. The van der Waals surface area contributed by atoms with E-state index in [9.17, 15) is 4.39 Å². The van der Waals surface area contributed by atoms with Crippen LogP contribution in [0.5, 0.6) is 0 Å². The molecule has 0 aliphatic rings. The molecule has 0 bridgehead atoms. The smallest absolute Gasteiger partial charge is 0.146 e. The van der Waals surface area contributed by atoms with Gasteiger partial charge in [-0.15, -0.1) is 0 Å². The number of ether oxygens (including phenoxy) is 1. The van der Waals surface area contributed by atoms with Gasteiger partial charge in [0.25, 0.3) is 0 Å². The van der Waals surface area contributed by atoms with Gasteiger partial charge in [0.1, 0.15) is 17.6 Å². The number of halogens is 1. The molecule has 1 aromatic rings. The third-order valence-corrected chi connectivity index (χ3v) is 1.27. The van der Waals surface area contributed by atoms with Crippen LogP contribution in [0.2, 0.25) is 0 Å². The molecule has 0 fully saturated rings. The number of methoxy groups -OCH3 is 1. The summed E-state index contributed by atoms with van der Waals surface area (Å²) in [5.74, 6) is -0.641. The van der Waals surface area contributed by atoms with Gasteiger partial charge in [0.15, 0.2) is 0 Å². The second-order valence-electron chi connectivity index (χ2n) is 2.06. The minimum atomic E-state index is -2.57. The quantitative estimate of drug-likeness (QED) is 0.669. The van der Waals surface area contributed by atoms with Crippen LogP contribution in [0.3, 0.4) is 0 Å². The van der Waals surface area contributed by atoms with E-state index in [0.717, 1.165) is 12.3 Å². The highest BCUT2D eigenvalue weighted by Crippen LogP contribution is 2.07. The maximum absolute atomic E-state index is 12.7. The van der Waals surface area contributed by atoms with Crippen molar-refractivity contribution >= 4 is 0 Å². The molecule has 0 radical (unpaired) electrons. The molecule has 0 aliphatic heterocycles. The first-order valence-corrected chi connectivity index (χ1v) is 3.11. The molecule has 4 heteroatoms. The van der Waals surface area contributed by atoms with E-state index in [0.29, 0.717) is 0 Å². The van der Waals surface area contributed by atoms with Crippen LogP contribution >= 0.6 is 0 Å². The Bertz CT molecular complexity index is 400. The summed E-state index contributed by atoms with van der Waals surface area (Å²) < 4.78 is 37.5. The van der Waals surface area contributed by atoms with E-state index in [1.54, 1.807) is 6.07 Å². The zero-order chi connectivity index (χ0) is 11.5. The third-order valence-electron chi connectivity index (χ3n) is 1.27. The maximum Gasteiger partial charge on any atom is 0.146 e. The molecule has 1 aromatic heterocycles. The van der Waals surface area contributed by atoms with Crippen molar-refractivity contribution in [1.82, 2.24) is 4.98 Å². The molecule has 12 heavy (non-hydrogen) atoms. The molecule has 0 N–H and O–H groups in total. The van der Waals surface area contributed by atoms with Gasteiger partial charge in [0, 0.05) is 12.6 Å². The van der Waals surface area contributed by atoms with E-state index in [1.807, 2.05) is 0 Å². The van der Waals surface area contributed by atoms with Crippen molar-refractivity contribution in [1.29, 1.82) is 5.26 Å². The highest BCUT2D eigenvalue weighted by molar-refractivity contribution is 5.30. The van der Waals surface area contributed by atoms with Crippen molar-refractivity contribution in [3.05, 3.63) is 29.3 Å². The standard InChI is InChI=1S/C8H7FN2O/c1-12-5-6-2-7(9)4-11-8(6)3-10/h2,4H,5H2,1H3/i1D3. The second kappa shape index (κ2) is 3.79.